The standard InChI is InChI=1S/C22H17BrFN3O3/c1-12-19(20(27-30-12)13-5-7-15(23)8-6-13)21(28)14-9-18(25-11-14)22(29)26-17-4-2-3-16(24)10-17/h2-10,14,25H,11H2,1H3,(H,26,29). The lowest BCUT2D eigenvalue weighted by molar-refractivity contribution is -0.113. The molecule has 2 aromatic carbocycles. The SMILES string of the molecule is Cc1onc(-c2ccc(Br)cc2)c1C(=O)C1C=C(C(=O)Nc2cccc(F)c2)NC1. The Hall–Kier alpha value is -3.26. The second-order valence-electron chi connectivity index (χ2n) is 6.87. The van der Waals surface area contributed by atoms with Gasteiger partial charge in [0.15, 0.2) is 5.78 Å². The van der Waals surface area contributed by atoms with E-state index in [0.717, 1.165) is 10.0 Å². The zero-order valence-corrected chi connectivity index (χ0v) is 17.5. The molecule has 1 aliphatic rings. The Morgan fingerprint density at radius 3 is 2.73 bits per heavy atom. The van der Waals surface area contributed by atoms with E-state index in [9.17, 15) is 14.0 Å². The van der Waals surface area contributed by atoms with Gasteiger partial charge in [-0.25, -0.2) is 4.39 Å². The summed E-state index contributed by atoms with van der Waals surface area (Å²) in [6, 6.07) is 13.0. The first-order valence-electron chi connectivity index (χ1n) is 9.21. The minimum atomic E-state index is -0.550. The molecular weight excluding hydrogens is 453 g/mol. The van der Waals surface area contributed by atoms with Gasteiger partial charge in [0.25, 0.3) is 5.91 Å². The summed E-state index contributed by atoms with van der Waals surface area (Å²) in [7, 11) is 0. The maximum atomic E-state index is 13.3. The van der Waals surface area contributed by atoms with Gasteiger partial charge in [-0.15, -0.1) is 0 Å². The van der Waals surface area contributed by atoms with Crippen LogP contribution in [0.4, 0.5) is 10.1 Å². The summed E-state index contributed by atoms with van der Waals surface area (Å²) in [5.74, 6) is -1.20. The van der Waals surface area contributed by atoms with Crippen LogP contribution < -0.4 is 10.6 Å². The summed E-state index contributed by atoms with van der Waals surface area (Å²) in [6.45, 7) is 1.96. The van der Waals surface area contributed by atoms with Crippen molar-refractivity contribution < 1.29 is 18.5 Å². The van der Waals surface area contributed by atoms with Crippen molar-refractivity contribution in [2.75, 3.05) is 11.9 Å². The highest BCUT2D eigenvalue weighted by Crippen LogP contribution is 2.30. The Morgan fingerprint density at radius 1 is 1.23 bits per heavy atom. The highest BCUT2D eigenvalue weighted by molar-refractivity contribution is 9.10. The van der Waals surface area contributed by atoms with Crippen LogP contribution in [0.25, 0.3) is 11.3 Å². The normalized spacial score (nSPS) is 15.4. The van der Waals surface area contributed by atoms with Crippen LogP contribution in [0.2, 0.25) is 0 Å². The van der Waals surface area contributed by atoms with Gasteiger partial charge in [0, 0.05) is 22.3 Å². The summed E-state index contributed by atoms with van der Waals surface area (Å²) < 4.78 is 19.5. The summed E-state index contributed by atoms with van der Waals surface area (Å²) in [5, 5.41) is 9.62. The summed E-state index contributed by atoms with van der Waals surface area (Å²) >= 11 is 3.39. The number of amides is 1. The molecule has 1 atom stereocenters. The van der Waals surface area contributed by atoms with E-state index in [4.69, 9.17) is 4.52 Å². The van der Waals surface area contributed by atoms with Crippen LogP contribution >= 0.6 is 15.9 Å². The zero-order valence-electron chi connectivity index (χ0n) is 15.9. The maximum Gasteiger partial charge on any atom is 0.271 e. The van der Waals surface area contributed by atoms with Gasteiger partial charge >= 0.3 is 0 Å². The van der Waals surface area contributed by atoms with E-state index in [-0.39, 0.29) is 18.0 Å². The van der Waals surface area contributed by atoms with E-state index in [2.05, 4.69) is 31.7 Å². The number of ketones is 1. The molecule has 1 aliphatic heterocycles. The summed E-state index contributed by atoms with van der Waals surface area (Å²) in [6.07, 6.45) is 1.58. The second-order valence-corrected chi connectivity index (χ2v) is 7.78. The van der Waals surface area contributed by atoms with Crippen LogP contribution in [0, 0.1) is 18.7 Å². The Bertz CT molecular complexity index is 1150. The fourth-order valence-corrected chi connectivity index (χ4v) is 3.54. The largest absolute Gasteiger partial charge is 0.380 e. The van der Waals surface area contributed by atoms with Crippen molar-refractivity contribution in [1.29, 1.82) is 0 Å². The first-order valence-corrected chi connectivity index (χ1v) is 10.0. The maximum absolute atomic E-state index is 13.3. The van der Waals surface area contributed by atoms with Crippen molar-refractivity contribution in [2.24, 2.45) is 5.92 Å². The molecule has 2 heterocycles. The second kappa shape index (κ2) is 8.23. The fourth-order valence-electron chi connectivity index (χ4n) is 3.28. The third-order valence-corrected chi connectivity index (χ3v) is 5.30. The van der Waals surface area contributed by atoms with E-state index < -0.39 is 17.6 Å². The summed E-state index contributed by atoms with van der Waals surface area (Å²) in [5.41, 5.74) is 2.22. The molecule has 1 unspecified atom stereocenters. The first kappa shape index (κ1) is 20.0. The van der Waals surface area contributed by atoms with Gasteiger partial charge in [-0.05, 0) is 43.3 Å². The minimum absolute atomic E-state index is 0.187. The molecule has 3 aromatic rings. The van der Waals surface area contributed by atoms with Gasteiger partial charge in [-0.1, -0.05) is 39.3 Å². The van der Waals surface area contributed by atoms with Crippen molar-refractivity contribution in [2.45, 2.75) is 6.92 Å². The smallest absolute Gasteiger partial charge is 0.271 e. The van der Waals surface area contributed by atoms with Gasteiger partial charge in [-0.3, -0.25) is 9.59 Å². The lowest BCUT2D eigenvalue weighted by Crippen LogP contribution is -2.24. The third kappa shape index (κ3) is 4.04. The molecule has 0 spiro atoms. The van der Waals surface area contributed by atoms with Crippen LogP contribution in [-0.4, -0.2) is 23.4 Å². The molecule has 6 nitrogen and oxygen atoms in total. The predicted octanol–water partition coefficient (Wildman–Crippen LogP) is 4.48. The average Bonchev–Trinajstić information content (AvgIpc) is 3.35. The van der Waals surface area contributed by atoms with Gasteiger partial charge in [0.05, 0.1) is 17.2 Å². The van der Waals surface area contributed by atoms with E-state index in [1.54, 1.807) is 19.1 Å². The van der Waals surface area contributed by atoms with Crippen LogP contribution in [0.3, 0.4) is 0 Å². The molecule has 0 aliphatic carbocycles. The number of carbonyl (C=O) groups is 2. The lowest BCUT2D eigenvalue weighted by Gasteiger charge is -2.07. The number of hydrogen-bond donors (Lipinski definition) is 2. The van der Waals surface area contributed by atoms with E-state index in [1.807, 2.05) is 24.3 Å². The number of carbonyl (C=O) groups excluding carboxylic acids is 2. The molecule has 0 saturated carbocycles. The zero-order chi connectivity index (χ0) is 21.3. The molecule has 1 aromatic heterocycles. The number of Topliss-reactive ketones (excluding diaryl/α,β-unsaturated/α-hetero) is 1. The van der Waals surface area contributed by atoms with Crippen LogP contribution in [-0.2, 0) is 4.79 Å². The van der Waals surface area contributed by atoms with Gasteiger partial charge < -0.3 is 15.2 Å². The number of rotatable bonds is 5. The molecule has 2 N–H and O–H groups in total. The van der Waals surface area contributed by atoms with Crippen molar-refractivity contribution in [3.05, 3.63) is 81.9 Å². The lowest BCUT2D eigenvalue weighted by atomic mass is 9.94. The number of aryl methyl sites for hydroxylation is 1. The molecule has 1 amide bonds. The highest BCUT2D eigenvalue weighted by atomic mass is 79.9. The third-order valence-electron chi connectivity index (χ3n) is 4.77. The molecule has 0 bridgehead atoms. The number of halogens is 2. The average molecular weight is 470 g/mol. The molecule has 4 rings (SSSR count). The van der Waals surface area contributed by atoms with Crippen molar-refractivity contribution in [3.8, 4) is 11.3 Å². The number of benzene rings is 2. The molecule has 0 fully saturated rings. The quantitative estimate of drug-likeness (QED) is 0.538. The van der Waals surface area contributed by atoms with Gasteiger partial charge in [-0.2, -0.15) is 0 Å². The number of anilines is 1. The Balaban J connectivity index is 1.55. The van der Waals surface area contributed by atoms with E-state index in [0.29, 0.717) is 22.7 Å². The van der Waals surface area contributed by atoms with Gasteiger partial charge in [0.2, 0.25) is 0 Å². The fraction of sp³-hybridized carbons (Fsp3) is 0.136. The number of aromatic nitrogens is 1. The molecule has 152 valence electrons. The van der Waals surface area contributed by atoms with Crippen molar-refractivity contribution in [1.82, 2.24) is 10.5 Å². The number of nitrogens with zero attached hydrogens (tertiary/aromatic N) is 1. The molecule has 30 heavy (non-hydrogen) atoms. The van der Waals surface area contributed by atoms with E-state index in [1.165, 1.54) is 18.2 Å². The van der Waals surface area contributed by atoms with Crippen LogP contribution in [0.1, 0.15) is 16.1 Å². The summed E-state index contributed by atoms with van der Waals surface area (Å²) in [4.78, 5) is 25.6. The first-order chi connectivity index (χ1) is 14.4. The Morgan fingerprint density at radius 2 is 2.00 bits per heavy atom. The Kier molecular flexibility index (Phi) is 5.50. The van der Waals surface area contributed by atoms with Crippen LogP contribution in [0.15, 0.2) is 69.3 Å². The Labute approximate surface area is 180 Å². The van der Waals surface area contributed by atoms with Crippen LogP contribution in [0.5, 0.6) is 0 Å². The molecule has 8 heteroatoms. The van der Waals surface area contributed by atoms with Crippen molar-refractivity contribution >= 4 is 33.3 Å². The highest BCUT2D eigenvalue weighted by Gasteiger charge is 2.31. The number of nitrogens with one attached hydrogen (secondary N) is 2. The molecule has 0 saturated heterocycles. The number of hydrogen-bond acceptors (Lipinski definition) is 5. The minimum Gasteiger partial charge on any atom is -0.380 e. The molecule has 0 radical (unpaired) electrons. The molecular formula is C22H17BrFN3O3. The monoisotopic (exact) mass is 469 g/mol. The van der Waals surface area contributed by atoms with Crippen molar-refractivity contribution in [3.63, 3.8) is 0 Å². The topological polar surface area (TPSA) is 84.2 Å². The predicted molar refractivity (Wildman–Crippen MR) is 113 cm³/mol. The van der Waals surface area contributed by atoms with E-state index >= 15 is 0 Å². The van der Waals surface area contributed by atoms with Gasteiger partial charge in [0.1, 0.15) is 17.3 Å².